The molecule has 8 heteroatoms. The number of carbonyl (C=O) groups excluding carboxylic acids is 2. The lowest BCUT2D eigenvalue weighted by molar-refractivity contribution is -0.139. The number of hydrogen-bond donors (Lipinski definition) is 1. The van der Waals surface area contributed by atoms with Gasteiger partial charge >= 0.3 is 5.97 Å². The molecule has 0 unspecified atom stereocenters. The molecule has 0 saturated heterocycles. The fourth-order valence-corrected chi connectivity index (χ4v) is 3.65. The van der Waals surface area contributed by atoms with Crippen LogP contribution >= 0.6 is 27.5 Å². The minimum Gasteiger partial charge on any atom is -0.469 e. The molecule has 1 heterocycles. The Morgan fingerprint density at radius 1 is 1.12 bits per heavy atom. The lowest BCUT2D eigenvalue weighted by Gasteiger charge is -2.05. The Kier molecular flexibility index (Phi) is 6.91. The maximum Gasteiger partial charge on any atom is 0.309 e. The van der Waals surface area contributed by atoms with Gasteiger partial charge in [0.25, 0.3) is 0 Å². The van der Waals surface area contributed by atoms with Crippen molar-refractivity contribution in [3.8, 4) is 11.5 Å². The molecule has 1 aromatic heterocycles. The smallest absolute Gasteiger partial charge is 0.309 e. The highest BCUT2D eigenvalue weighted by atomic mass is 79.9. The van der Waals surface area contributed by atoms with Crippen molar-refractivity contribution in [1.29, 1.82) is 0 Å². The van der Waals surface area contributed by atoms with E-state index in [1.807, 2.05) is 24.3 Å². The summed E-state index contributed by atoms with van der Waals surface area (Å²) in [5.41, 5.74) is 3.99. The Hall–Kier alpha value is -3.42. The zero-order chi connectivity index (χ0) is 23.4. The van der Waals surface area contributed by atoms with Gasteiger partial charge in [-0.15, -0.1) is 0 Å². The van der Waals surface area contributed by atoms with E-state index in [1.54, 1.807) is 42.5 Å². The van der Waals surface area contributed by atoms with E-state index < -0.39 is 0 Å². The maximum atomic E-state index is 12.3. The fourth-order valence-electron chi connectivity index (χ4n) is 3.13. The molecular formula is C25H18BrClN2O4. The van der Waals surface area contributed by atoms with E-state index >= 15 is 0 Å². The van der Waals surface area contributed by atoms with E-state index in [2.05, 4.69) is 26.2 Å². The SMILES string of the molecule is COC(=O)Cc1ccc2nc(-c3ccc(NC(=O)C=Cc4ccc(Br)cc4)cc3Cl)oc2c1. The van der Waals surface area contributed by atoms with E-state index in [0.717, 1.165) is 15.6 Å². The predicted molar refractivity (Wildman–Crippen MR) is 132 cm³/mol. The fraction of sp³-hybridized carbons (Fsp3) is 0.0800. The molecule has 0 radical (unpaired) electrons. The molecule has 166 valence electrons. The molecule has 1 amide bonds. The summed E-state index contributed by atoms with van der Waals surface area (Å²) in [6, 6.07) is 18.0. The monoisotopic (exact) mass is 524 g/mol. The van der Waals surface area contributed by atoms with Crippen LogP contribution in [0.5, 0.6) is 0 Å². The van der Waals surface area contributed by atoms with Crippen LogP contribution in [-0.2, 0) is 20.7 Å². The van der Waals surface area contributed by atoms with Crippen molar-refractivity contribution >= 4 is 62.3 Å². The molecule has 3 aromatic carbocycles. The molecule has 4 aromatic rings. The number of amides is 1. The Bertz CT molecular complexity index is 1360. The van der Waals surface area contributed by atoms with Gasteiger partial charge < -0.3 is 14.5 Å². The number of nitrogens with zero attached hydrogens (tertiary/aromatic N) is 1. The average Bonchev–Trinajstić information content (AvgIpc) is 3.21. The molecule has 6 nitrogen and oxygen atoms in total. The van der Waals surface area contributed by atoms with Crippen molar-refractivity contribution in [3.63, 3.8) is 0 Å². The summed E-state index contributed by atoms with van der Waals surface area (Å²) in [6.07, 6.45) is 3.33. The number of oxazole rings is 1. The van der Waals surface area contributed by atoms with Crippen LogP contribution in [0, 0.1) is 0 Å². The van der Waals surface area contributed by atoms with E-state index in [0.29, 0.717) is 33.3 Å². The van der Waals surface area contributed by atoms with Gasteiger partial charge in [0.15, 0.2) is 5.58 Å². The highest BCUT2D eigenvalue weighted by molar-refractivity contribution is 9.10. The molecule has 0 saturated carbocycles. The first-order chi connectivity index (χ1) is 15.9. The summed E-state index contributed by atoms with van der Waals surface area (Å²) >= 11 is 9.83. The number of nitrogens with one attached hydrogen (secondary N) is 1. The minimum absolute atomic E-state index is 0.147. The van der Waals surface area contributed by atoms with Crippen molar-refractivity contribution in [2.45, 2.75) is 6.42 Å². The first-order valence-corrected chi connectivity index (χ1v) is 11.1. The Labute approximate surface area is 203 Å². The summed E-state index contributed by atoms with van der Waals surface area (Å²) in [5, 5.41) is 3.17. The summed E-state index contributed by atoms with van der Waals surface area (Å²) < 4.78 is 11.5. The van der Waals surface area contributed by atoms with Gasteiger partial charge in [0, 0.05) is 16.2 Å². The molecule has 0 aliphatic heterocycles. The van der Waals surface area contributed by atoms with Crippen molar-refractivity contribution in [2.75, 3.05) is 12.4 Å². The van der Waals surface area contributed by atoms with Crippen LogP contribution in [0.2, 0.25) is 5.02 Å². The standard InChI is InChI=1S/C25H18BrClN2O4/c1-32-24(31)13-16-4-10-21-22(12-16)33-25(29-21)19-9-8-18(14-20(19)27)28-23(30)11-5-15-2-6-17(26)7-3-15/h2-12,14H,13H2,1H3,(H,28,30). The zero-order valence-electron chi connectivity index (χ0n) is 17.5. The van der Waals surface area contributed by atoms with E-state index in [4.69, 9.17) is 20.8 Å². The molecule has 0 spiro atoms. The number of anilines is 1. The molecule has 33 heavy (non-hydrogen) atoms. The van der Waals surface area contributed by atoms with Gasteiger partial charge in [-0.1, -0.05) is 45.7 Å². The van der Waals surface area contributed by atoms with Crippen LogP contribution in [0.4, 0.5) is 5.69 Å². The molecule has 0 aliphatic rings. The minimum atomic E-state index is -0.332. The second-order valence-electron chi connectivity index (χ2n) is 7.14. The van der Waals surface area contributed by atoms with Crippen LogP contribution in [0.1, 0.15) is 11.1 Å². The predicted octanol–water partition coefficient (Wildman–Crippen LogP) is 6.28. The number of methoxy groups -OCH3 is 1. The van der Waals surface area contributed by atoms with Crippen LogP contribution < -0.4 is 5.32 Å². The third kappa shape index (κ3) is 5.69. The van der Waals surface area contributed by atoms with Crippen LogP contribution in [0.25, 0.3) is 28.6 Å². The third-order valence-corrected chi connectivity index (χ3v) is 5.63. The van der Waals surface area contributed by atoms with Crippen LogP contribution in [-0.4, -0.2) is 24.0 Å². The molecule has 0 bridgehead atoms. The lowest BCUT2D eigenvalue weighted by atomic mass is 10.1. The number of carbonyl (C=O) groups is 2. The van der Waals surface area contributed by atoms with Crippen LogP contribution in [0.3, 0.4) is 0 Å². The topological polar surface area (TPSA) is 81.4 Å². The second-order valence-corrected chi connectivity index (χ2v) is 8.47. The highest BCUT2D eigenvalue weighted by Gasteiger charge is 2.14. The van der Waals surface area contributed by atoms with Gasteiger partial charge in [0.1, 0.15) is 5.52 Å². The largest absolute Gasteiger partial charge is 0.469 e. The lowest BCUT2D eigenvalue weighted by Crippen LogP contribution is -2.07. The van der Waals surface area contributed by atoms with Crippen molar-refractivity contribution in [1.82, 2.24) is 4.98 Å². The molecule has 0 atom stereocenters. The highest BCUT2D eigenvalue weighted by Crippen LogP contribution is 2.32. The maximum absolute atomic E-state index is 12.3. The quantitative estimate of drug-likeness (QED) is 0.237. The first kappa shape index (κ1) is 22.8. The molecule has 0 fully saturated rings. The number of ether oxygens (including phenoxy) is 1. The number of rotatable bonds is 6. The molecule has 0 aliphatic carbocycles. The number of hydrogen-bond acceptors (Lipinski definition) is 5. The van der Waals surface area contributed by atoms with E-state index in [-0.39, 0.29) is 18.3 Å². The van der Waals surface area contributed by atoms with Crippen molar-refractivity contribution in [3.05, 3.63) is 87.4 Å². The van der Waals surface area contributed by atoms with Crippen molar-refractivity contribution < 1.29 is 18.7 Å². The normalized spacial score (nSPS) is 11.1. The Morgan fingerprint density at radius 3 is 2.64 bits per heavy atom. The number of benzene rings is 3. The van der Waals surface area contributed by atoms with Crippen LogP contribution in [0.15, 0.2) is 75.6 Å². The second kappa shape index (κ2) is 10.0. The number of halogens is 2. The van der Waals surface area contributed by atoms with Gasteiger partial charge in [0.05, 0.1) is 24.1 Å². The van der Waals surface area contributed by atoms with Crippen molar-refractivity contribution in [2.24, 2.45) is 0 Å². The van der Waals surface area contributed by atoms with E-state index in [1.165, 1.54) is 13.2 Å². The van der Waals surface area contributed by atoms with E-state index in [9.17, 15) is 9.59 Å². The molecule has 4 rings (SSSR count). The van der Waals surface area contributed by atoms with Gasteiger partial charge in [-0.2, -0.15) is 0 Å². The van der Waals surface area contributed by atoms with Gasteiger partial charge in [-0.25, -0.2) is 4.98 Å². The number of esters is 1. The first-order valence-electron chi connectivity index (χ1n) is 9.92. The third-order valence-electron chi connectivity index (χ3n) is 4.79. The molecule has 1 N–H and O–H groups in total. The Morgan fingerprint density at radius 2 is 1.91 bits per heavy atom. The number of aromatic nitrogens is 1. The summed E-state index contributed by atoms with van der Waals surface area (Å²) in [4.78, 5) is 28.2. The van der Waals surface area contributed by atoms with Gasteiger partial charge in [-0.3, -0.25) is 9.59 Å². The summed E-state index contributed by atoms with van der Waals surface area (Å²) in [7, 11) is 1.35. The molecular weight excluding hydrogens is 508 g/mol. The number of fused-ring (bicyclic) bond motifs is 1. The Balaban J connectivity index is 1.48. The summed E-state index contributed by atoms with van der Waals surface area (Å²) in [5.74, 6) is -0.263. The zero-order valence-corrected chi connectivity index (χ0v) is 19.8. The average molecular weight is 526 g/mol. The summed E-state index contributed by atoms with van der Waals surface area (Å²) in [6.45, 7) is 0. The van der Waals surface area contributed by atoms with Gasteiger partial charge in [0.2, 0.25) is 11.8 Å². The van der Waals surface area contributed by atoms with Gasteiger partial charge in [-0.05, 0) is 59.7 Å².